The summed E-state index contributed by atoms with van der Waals surface area (Å²) in [6, 6.07) is 25.8. The Hall–Kier alpha value is -3.53. The Labute approximate surface area is 201 Å². The highest BCUT2D eigenvalue weighted by atomic mass is 35.5. The van der Waals surface area contributed by atoms with Gasteiger partial charge in [0.1, 0.15) is 16.7 Å². The molecule has 4 rings (SSSR count). The van der Waals surface area contributed by atoms with Crippen molar-refractivity contribution < 1.29 is 9.59 Å². The van der Waals surface area contributed by atoms with E-state index >= 15 is 0 Å². The summed E-state index contributed by atoms with van der Waals surface area (Å²) in [6.07, 6.45) is 0.494. The minimum absolute atomic E-state index is 0.112. The molecule has 3 aromatic carbocycles. The summed E-state index contributed by atoms with van der Waals surface area (Å²) in [5.74, 6) is -0.734. The van der Waals surface area contributed by atoms with Gasteiger partial charge in [0.15, 0.2) is 0 Å². The number of nitriles is 1. The fraction of sp³-hybridized carbons (Fsp3) is 0.115. The first kappa shape index (κ1) is 22.7. The zero-order valence-corrected chi connectivity index (χ0v) is 19.4. The molecule has 5 nitrogen and oxygen atoms in total. The Bertz CT molecular complexity index is 1250. The average molecular weight is 474 g/mol. The molecule has 1 N–H and O–H groups in total. The van der Waals surface area contributed by atoms with E-state index in [0.717, 1.165) is 11.1 Å². The Kier molecular flexibility index (Phi) is 6.83. The van der Waals surface area contributed by atoms with E-state index in [2.05, 4.69) is 5.32 Å². The van der Waals surface area contributed by atoms with Crippen LogP contribution in [0.5, 0.6) is 0 Å². The molecule has 1 atom stereocenters. The van der Waals surface area contributed by atoms with Gasteiger partial charge in [-0.15, -0.1) is 0 Å². The molecule has 7 heteroatoms. The molecule has 3 aromatic rings. The van der Waals surface area contributed by atoms with E-state index in [9.17, 15) is 14.9 Å². The third-order valence-electron chi connectivity index (χ3n) is 5.16. The third-order valence-corrected chi connectivity index (χ3v) is 6.68. The number of thioether (sulfide) groups is 1. The summed E-state index contributed by atoms with van der Waals surface area (Å²) in [5.41, 5.74) is 3.08. The van der Waals surface area contributed by atoms with E-state index in [-0.39, 0.29) is 11.5 Å². The molecule has 1 heterocycles. The predicted octanol–water partition coefficient (Wildman–Crippen LogP) is 5.71. The quantitative estimate of drug-likeness (QED) is 0.380. The van der Waals surface area contributed by atoms with Crippen molar-refractivity contribution in [3.63, 3.8) is 0 Å². The van der Waals surface area contributed by atoms with Crippen LogP contribution in [0.1, 0.15) is 11.1 Å². The van der Waals surface area contributed by atoms with Gasteiger partial charge in [-0.25, -0.2) is 0 Å². The monoisotopic (exact) mass is 473 g/mol. The summed E-state index contributed by atoms with van der Waals surface area (Å²) in [5, 5.41) is 13.1. The molecular weight excluding hydrogens is 454 g/mol. The molecule has 33 heavy (non-hydrogen) atoms. The lowest BCUT2D eigenvalue weighted by molar-refractivity contribution is -0.117. The molecule has 1 fully saturated rings. The Morgan fingerprint density at radius 1 is 1.06 bits per heavy atom. The van der Waals surface area contributed by atoms with Crippen LogP contribution in [-0.2, 0) is 16.0 Å². The molecule has 0 aromatic heterocycles. The van der Waals surface area contributed by atoms with Crippen LogP contribution in [0.2, 0.25) is 5.02 Å². The maximum absolute atomic E-state index is 13.5. The van der Waals surface area contributed by atoms with Crippen molar-refractivity contribution in [2.75, 3.05) is 10.2 Å². The van der Waals surface area contributed by atoms with E-state index < -0.39 is 11.2 Å². The van der Waals surface area contributed by atoms with Crippen molar-refractivity contribution in [1.29, 1.82) is 5.26 Å². The summed E-state index contributed by atoms with van der Waals surface area (Å²) >= 11 is 7.16. The predicted molar refractivity (Wildman–Crippen MR) is 133 cm³/mol. The lowest BCUT2D eigenvalue weighted by atomic mass is 10.1. The van der Waals surface area contributed by atoms with E-state index in [1.165, 1.54) is 16.7 Å². The Morgan fingerprint density at radius 3 is 2.36 bits per heavy atom. The summed E-state index contributed by atoms with van der Waals surface area (Å²) < 4.78 is 0. The van der Waals surface area contributed by atoms with Crippen LogP contribution in [0, 0.1) is 18.3 Å². The van der Waals surface area contributed by atoms with Crippen LogP contribution >= 0.6 is 23.4 Å². The first-order valence-corrected chi connectivity index (χ1v) is 11.5. The number of nitrogens with one attached hydrogen (secondary N) is 1. The number of aryl methyl sites for hydroxylation is 1. The van der Waals surface area contributed by atoms with Crippen molar-refractivity contribution in [1.82, 2.24) is 0 Å². The number of hydrogen-bond acceptors (Lipinski definition) is 4. The minimum atomic E-state index is -0.576. The molecule has 0 aliphatic carbocycles. The number of nitrogens with zero attached hydrogens (tertiary/aromatic N) is 2. The van der Waals surface area contributed by atoms with Gasteiger partial charge in [-0.05, 0) is 55.3 Å². The lowest BCUT2D eigenvalue weighted by Gasteiger charge is -2.19. The Balaban J connectivity index is 1.72. The largest absolute Gasteiger partial charge is 0.321 e. The molecule has 0 radical (unpaired) electrons. The normalized spacial score (nSPS) is 16.9. The van der Waals surface area contributed by atoms with Crippen LogP contribution in [0.4, 0.5) is 11.4 Å². The topological polar surface area (TPSA) is 73.2 Å². The summed E-state index contributed by atoms with van der Waals surface area (Å²) in [4.78, 5) is 28.0. The Morgan fingerprint density at radius 2 is 1.73 bits per heavy atom. The van der Waals surface area contributed by atoms with Gasteiger partial charge in [-0.2, -0.15) is 5.26 Å². The average Bonchev–Trinajstić information content (AvgIpc) is 3.12. The van der Waals surface area contributed by atoms with Gasteiger partial charge in [-0.3, -0.25) is 14.5 Å². The number of carbonyl (C=O) groups excluding carboxylic acids is 2. The number of carbonyl (C=O) groups is 2. The van der Waals surface area contributed by atoms with E-state index in [1.807, 2.05) is 67.6 Å². The van der Waals surface area contributed by atoms with Crippen LogP contribution in [0.15, 0.2) is 89.5 Å². The summed E-state index contributed by atoms with van der Waals surface area (Å²) in [6.45, 7) is 1.96. The minimum Gasteiger partial charge on any atom is -0.321 e. The van der Waals surface area contributed by atoms with Crippen molar-refractivity contribution >= 4 is 46.6 Å². The van der Waals surface area contributed by atoms with Gasteiger partial charge in [0, 0.05) is 16.4 Å². The SMILES string of the molecule is Cc1ccc(N2C(=O)[C@H](Cc3ccccc3)S/C2=C(\C#N)C(=O)Nc2ccc(Cl)cc2)cc1. The van der Waals surface area contributed by atoms with Gasteiger partial charge in [0.05, 0.1) is 5.25 Å². The second-order valence-electron chi connectivity index (χ2n) is 7.56. The second kappa shape index (κ2) is 9.95. The molecule has 0 unspecified atom stereocenters. The fourth-order valence-electron chi connectivity index (χ4n) is 3.47. The standard InChI is InChI=1S/C26H20ClN3O2S/c1-17-7-13-21(14-8-17)30-25(32)23(15-18-5-3-2-4-6-18)33-26(30)22(16-28)24(31)29-20-11-9-19(27)10-12-20/h2-14,23H,15H2,1H3,(H,29,31)/b26-22+/t23-/m0/s1. The van der Waals surface area contributed by atoms with Crippen LogP contribution in [0.25, 0.3) is 0 Å². The molecule has 1 aliphatic heterocycles. The molecule has 0 spiro atoms. The zero-order valence-electron chi connectivity index (χ0n) is 17.8. The van der Waals surface area contributed by atoms with Crippen LogP contribution in [0.3, 0.4) is 0 Å². The van der Waals surface area contributed by atoms with Crippen molar-refractivity contribution in [2.24, 2.45) is 0 Å². The van der Waals surface area contributed by atoms with Crippen LogP contribution in [-0.4, -0.2) is 17.1 Å². The van der Waals surface area contributed by atoms with Gasteiger partial charge in [-0.1, -0.05) is 71.4 Å². The smallest absolute Gasteiger partial charge is 0.269 e. The fourth-order valence-corrected chi connectivity index (χ4v) is 4.91. The highest BCUT2D eigenvalue weighted by molar-refractivity contribution is 8.05. The molecule has 0 saturated carbocycles. The van der Waals surface area contributed by atoms with E-state index in [1.54, 1.807) is 24.3 Å². The number of halogens is 1. The molecular formula is C26H20ClN3O2S. The number of amides is 2. The molecule has 1 saturated heterocycles. The zero-order chi connectivity index (χ0) is 23.4. The maximum Gasteiger partial charge on any atom is 0.269 e. The van der Waals surface area contributed by atoms with E-state index in [4.69, 9.17) is 11.6 Å². The maximum atomic E-state index is 13.5. The first-order valence-electron chi connectivity index (χ1n) is 10.3. The van der Waals surface area contributed by atoms with Crippen LogP contribution < -0.4 is 10.2 Å². The third kappa shape index (κ3) is 5.11. The molecule has 2 amide bonds. The number of rotatable bonds is 5. The molecule has 1 aliphatic rings. The highest BCUT2D eigenvalue weighted by Gasteiger charge is 2.40. The van der Waals surface area contributed by atoms with Gasteiger partial charge in [0.2, 0.25) is 5.91 Å². The second-order valence-corrected chi connectivity index (χ2v) is 9.19. The van der Waals surface area contributed by atoms with Crippen molar-refractivity contribution in [3.05, 3.63) is 106 Å². The van der Waals surface area contributed by atoms with Crippen molar-refractivity contribution in [3.8, 4) is 6.07 Å². The van der Waals surface area contributed by atoms with Gasteiger partial charge in [0.25, 0.3) is 5.91 Å². The molecule has 0 bridgehead atoms. The number of hydrogen-bond donors (Lipinski definition) is 1. The van der Waals surface area contributed by atoms with E-state index in [0.29, 0.717) is 27.8 Å². The van der Waals surface area contributed by atoms with Gasteiger partial charge >= 0.3 is 0 Å². The van der Waals surface area contributed by atoms with Crippen molar-refractivity contribution in [2.45, 2.75) is 18.6 Å². The number of benzene rings is 3. The van der Waals surface area contributed by atoms with Gasteiger partial charge < -0.3 is 5.32 Å². The molecule has 164 valence electrons. The summed E-state index contributed by atoms with van der Waals surface area (Å²) in [7, 11) is 0. The lowest BCUT2D eigenvalue weighted by Crippen LogP contribution is -2.30. The first-order chi connectivity index (χ1) is 16.0. The highest BCUT2D eigenvalue weighted by Crippen LogP contribution is 2.42. The number of anilines is 2.